The summed E-state index contributed by atoms with van der Waals surface area (Å²) in [6, 6.07) is 21.3. The van der Waals surface area contributed by atoms with Gasteiger partial charge >= 0.3 is 0 Å². The molecule has 0 aliphatic heterocycles. The number of amides is 1. The molecule has 0 fully saturated rings. The lowest BCUT2D eigenvalue weighted by atomic mass is 10.1. The summed E-state index contributed by atoms with van der Waals surface area (Å²) in [6.45, 7) is 2.66. The molecule has 28 heavy (non-hydrogen) atoms. The van der Waals surface area contributed by atoms with Gasteiger partial charge < -0.3 is 19.5 Å². The standard InChI is InChI=1S/C23H25NO4/c1-3-20(28-19-13-12-17-8-4-5-9-18(17)16-19)23(25)24-14-15-27-22-11-7-6-10-21(22)26-2/h4-13,16,20H,3,14-15H2,1-2H3,(H,24,25). The van der Waals surface area contributed by atoms with Crippen molar-refractivity contribution in [2.45, 2.75) is 19.4 Å². The number of rotatable bonds is 9. The van der Waals surface area contributed by atoms with Crippen LogP contribution in [0.4, 0.5) is 0 Å². The lowest BCUT2D eigenvalue weighted by Gasteiger charge is -2.18. The number of benzene rings is 3. The molecule has 0 saturated heterocycles. The highest BCUT2D eigenvalue weighted by molar-refractivity contribution is 5.84. The Labute approximate surface area is 165 Å². The third-order valence-corrected chi connectivity index (χ3v) is 4.39. The van der Waals surface area contributed by atoms with Crippen molar-refractivity contribution in [2.75, 3.05) is 20.3 Å². The average molecular weight is 379 g/mol. The van der Waals surface area contributed by atoms with Crippen molar-refractivity contribution in [3.05, 3.63) is 66.7 Å². The van der Waals surface area contributed by atoms with Crippen LogP contribution in [0.15, 0.2) is 66.7 Å². The van der Waals surface area contributed by atoms with Crippen LogP contribution in [0.3, 0.4) is 0 Å². The fourth-order valence-corrected chi connectivity index (χ4v) is 2.91. The molecule has 5 heteroatoms. The average Bonchev–Trinajstić information content (AvgIpc) is 2.75. The highest BCUT2D eigenvalue weighted by atomic mass is 16.5. The molecule has 0 heterocycles. The molecule has 5 nitrogen and oxygen atoms in total. The number of ether oxygens (including phenoxy) is 3. The first-order valence-electron chi connectivity index (χ1n) is 9.40. The second-order valence-electron chi connectivity index (χ2n) is 6.31. The first kappa shape index (κ1) is 19.5. The Morgan fingerprint density at radius 2 is 1.68 bits per heavy atom. The van der Waals surface area contributed by atoms with Gasteiger partial charge in [0.15, 0.2) is 17.6 Å². The van der Waals surface area contributed by atoms with E-state index in [9.17, 15) is 4.79 Å². The molecule has 3 rings (SSSR count). The van der Waals surface area contributed by atoms with E-state index in [-0.39, 0.29) is 5.91 Å². The van der Waals surface area contributed by atoms with E-state index >= 15 is 0 Å². The molecule has 3 aromatic carbocycles. The van der Waals surface area contributed by atoms with Gasteiger partial charge in [-0.1, -0.05) is 49.4 Å². The number of para-hydroxylation sites is 2. The number of methoxy groups -OCH3 is 1. The second-order valence-corrected chi connectivity index (χ2v) is 6.31. The molecule has 1 amide bonds. The molecule has 3 aromatic rings. The molecule has 0 aliphatic carbocycles. The van der Waals surface area contributed by atoms with Gasteiger partial charge in [0.1, 0.15) is 12.4 Å². The largest absolute Gasteiger partial charge is 0.493 e. The molecule has 1 unspecified atom stereocenters. The van der Waals surface area contributed by atoms with Gasteiger partial charge in [-0.15, -0.1) is 0 Å². The first-order chi connectivity index (χ1) is 13.7. The van der Waals surface area contributed by atoms with Crippen LogP contribution in [0.5, 0.6) is 17.2 Å². The van der Waals surface area contributed by atoms with E-state index in [0.29, 0.717) is 36.8 Å². The monoisotopic (exact) mass is 379 g/mol. The van der Waals surface area contributed by atoms with Crippen LogP contribution in [-0.2, 0) is 4.79 Å². The van der Waals surface area contributed by atoms with Crippen molar-refractivity contribution in [3.8, 4) is 17.2 Å². The van der Waals surface area contributed by atoms with Crippen molar-refractivity contribution in [1.29, 1.82) is 0 Å². The fraction of sp³-hybridized carbons (Fsp3) is 0.261. The summed E-state index contributed by atoms with van der Waals surface area (Å²) in [5.74, 6) is 1.85. The normalized spacial score (nSPS) is 11.6. The molecule has 1 atom stereocenters. The first-order valence-corrected chi connectivity index (χ1v) is 9.40. The summed E-state index contributed by atoms with van der Waals surface area (Å²) in [6.07, 6.45) is 0.0267. The van der Waals surface area contributed by atoms with Crippen LogP contribution in [0.1, 0.15) is 13.3 Å². The number of carbonyl (C=O) groups excluding carboxylic acids is 1. The number of nitrogens with one attached hydrogen (secondary N) is 1. The lowest BCUT2D eigenvalue weighted by Crippen LogP contribution is -2.39. The zero-order chi connectivity index (χ0) is 19.8. The van der Waals surface area contributed by atoms with Gasteiger partial charge in [-0.05, 0) is 41.5 Å². The molecule has 0 spiro atoms. The van der Waals surface area contributed by atoms with Gasteiger partial charge in [-0.2, -0.15) is 0 Å². The second kappa shape index (κ2) is 9.65. The van der Waals surface area contributed by atoms with Crippen LogP contribution in [0.25, 0.3) is 10.8 Å². The third kappa shape index (κ3) is 4.94. The summed E-state index contributed by atoms with van der Waals surface area (Å²) in [7, 11) is 1.60. The molecule has 0 bridgehead atoms. The quantitative estimate of drug-likeness (QED) is 0.566. The summed E-state index contributed by atoms with van der Waals surface area (Å²) in [4.78, 5) is 12.5. The molecule has 1 N–H and O–H groups in total. The van der Waals surface area contributed by atoms with Gasteiger partial charge in [0, 0.05) is 0 Å². The maximum Gasteiger partial charge on any atom is 0.261 e. The van der Waals surface area contributed by atoms with Gasteiger partial charge in [0.25, 0.3) is 5.91 Å². The Kier molecular flexibility index (Phi) is 6.73. The summed E-state index contributed by atoms with van der Waals surface area (Å²) >= 11 is 0. The van der Waals surface area contributed by atoms with Crippen molar-refractivity contribution < 1.29 is 19.0 Å². The lowest BCUT2D eigenvalue weighted by molar-refractivity contribution is -0.128. The fourth-order valence-electron chi connectivity index (χ4n) is 2.91. The van der Waals surface area contributed by atoms with Crippen molar-refractivity contribution in [3.63, 3.8) is 0 Å². The minimum atomic E-state index is -0.549. The van der Waals surface area contributed by atoms with Crippen molar-refractivity contribution in [1.82, 2.24) is 5.32 Å². The highest BCUT2D eigenvalue weighted by Crippen LogP contribution is 2.25. The van der Waals surface area contributed by atoms with Gasteiger partial charge in [0.2, 0.25) is 0 Å². The summed E-state index contributed by atoms with van der Waals surface area (Å²) < 4.78 is 16.8. The predicted octanol–water partition coefficient (Wildman–Crippen LogP) is 4.20. The highest BCUT2D eigenvalue weighted by Gasteiger charge is 2.18. The van der Waals surface area contributed by atoms with E-state index in [4.69, 9.17) is 14.2 Å². The zero-order valence-corrected chi connectivity index (χ0v) is 16.2. The Morgan fingerprint density at radius 1 is 0.964 bits per heavy atom. The third-order valence-electron chi connectivity index (χ3n) is 4.39. The van der Waals surface area contributed by atoms with Crippen molar-refractivity contribution in [2.24, 2.45) is 0 Å². The van der Waals surface area contributed by atoms with E-state index in [0.717, 1.165) is 10.8 Å². The van der Waals surface area contributed by atoms with E-state index < -0.39 is 6.10 Å². The van der Waals surface area contributed by atoms with E-state index in [1.54, 1.807) is 7.11 Å². The maximum atomic E-state index is 12.5. The molecular weight excluding hydrogens is 354 g/mol. The number of fused-ring (bicyclic) bond motifs is 1. The zero-order valence-electron chi connectivity index (χ0n) is 16.2. The predicted molar refractivity (Wildman–Crippen MR) is 110 cm³/mol. The minimum Gasteiger partial charge on any atom is -0.493 e. The minimum absolute atomic E-state index is 0.153. The van der Waals surface area contributed by atoms with E-state index in [1.807, 2.05) is 73.7 Å². The summed E-state index contributed by atoms with van der Waals surface area (Å²) in [5, 5.41) is 5.09. The Balaban J connectivity index is 1.51. The van der Waals surface area contributed by atoms with Gasteiger partial charge in [0.05, 0.1) is 13.7 Å². The van der Waals surface area contributed by atoms with Crippen LogP contribution in [-0.4, -0.2) is 32.3 Å². The SMILES string of the molecule is CCC(Oc1ccc2ccccc2c1)C(=O)NCCOc1ccccc1OC. The topological polar surface area (TPSA) is 56.8 Å². The Hall–Kier alpha value is -3.21. The van der Waals surface area contributed by atoms with Crippen LogP contribution >= 0.6 is 0 Å². The van der Waals surface area contributed by atoms with Crippen LogP contribution in [0, 0.1) is 0 Å². The summed E-state index contributed by atoms with van der Waals surface area (Å²) in [5.41, 5.74) is 0. The maximum absolute atomic E-state index is 12.5. The Bertz CT molecular complexity index is 925. The molecule has 0 aliphatic rings. The smallest absolute Gasteiger partial charge is 0.261 e. The molecule has 146 valence electrons. The number of hydrogen-bond acceptors (Lipinski definition) is 4. The number of carbonyl (C=O) groups is 1. The molecule has 0 aromatic heterocycles. The van der Waals surface area contributed by atoms with Gasteiger partial charge in [-0.3, -0.25) is 4.79 Å². The molecule has 0 saturated carbocycles. The van der Waals surface area contributed by atoms with Crippen molar-refractivity contribution >= 4 is 16.7 Å². The Morgan fingerprint density at radius 3 is 2.43 bits per heavy atom. The van der Waals surface area contributed by atoms with E-state index in [2.05, 4.69) is 5.32 Å². The molecular formula is C23H25NO4. The van der Waals surface area contributed by atoms with Gasteiger partial charge in [-0.25, -0.2) is 0 Å². The van der Waals surface area contributed by atoms with E-state index in [1.165, 1.54) is 0 Å². The van der Waals surface area contributed by atoms with Crippen LogP contribution < -0.4 is 19.5 Å². The van der Waals surface area contributed by atoms with Crippen LogP contribution in [0.2, 0.25) is 0 Å². The number of hydrogen-bond donors (Lipinski definition) is 1. The molecule has 0 radical (unpaired) electrons.